The van der Waals surface area contributed by atoms with E-state index in [2.05, 4.69) is 10.2 Å². The molecule has 0 aliphatic carbocycles. The van der Waals surface area contributed by atoms with Crippen LogP contribution in [-0.4, -0.2) is 5.91 Å². The average Bonchev–Trinajstić information content (AvgIpc) is 2.07. The van der Waals surface area contributed by atoms with Crippen LogP contribution in [0.5, 0.6) is 0 Å². The third kappa shape index (κ3) is 0.972. The van der Waals surface area contributed by atoms with Gasteiger partial charge in [0.25, 0.3) is 5.91 Å². The van der Waals surface area contributed by atoms with Crippen molar-refractivity contribution >= 4 is 11.6 Å². The van der Waals surface area contributed by atoms with Gasteiger partial charge in [0.2, 0.25) is 0 Å². The Morgan fingerprint density at radius 2 is 2.25 bits per heavy atom. The van der Waals surface area contributed by atoms with E-state index in [1.165, 1.54) is 0 Å². The number of nitrogens with zero attached hydrogens (tertiary/aromatic N) is 2. The second kappa shape index (κ2) is 2.41. The molecule has 12 heavy (non-hydrogen) atoms. The zero-order valence-corrected chi connectivity index (χ0v) is 6.32. The summed E-state index contributed by atoms with van der Waals surface area (Å²) in [5.41, 5.74) is 7.57. The van der Waals surface area contributed by atoms with Crippen molar-refractivity contribution in [2.24, 2.45) is 10.2 Å². The molecule has 1 aromatic rings. The van der Waals surface area contributed by atoms with Crippen molar-refractivity contribution in [2.75, 3.05) is 5.73 Å². The number of fused-ring (bicyclic) bond motifs is 1. The minimum absolute atomic E-state index is 0.302. The summed E-state index contributed by atoms with van der Waals surface area (Å²) >= 11 is 0. The van der Waals surface area contributed by atoms with Gasteiger partial charge in [-0.1, -0.05) is 6.07 Å². The van der Waals surface area contributed by atoms with Gasteiger partial charge in [-0.25, -0.2) is 0 Å². The molecule has 2 rings (SSSR count). The van der Waals surface area contributed by atoms with Gasteiger partial charge in [-0.05, 0) is 17.7 Å². The monoisotopic (exact) mass is 161 g/mol. The predicted octanol–water partition coefficient (Wildman–Crippen LogP) is 1.37. The molecule has 0 saturated heterocycles. The first-order chi connectivity index (χ1) is 5.77. The molecule has 0 unspecified atom stereocenters. The number of nitrogens with two attached hydrogens (primary N) is 1. The van der Waals surface area contributed by atoms with E-state index in [0.717, 1.165) is 5.56 Å². The fourth-order valence-corrected chi connectivity index (χ4v) is 1.16. The number of carbonyl (C=O) groups is 1. The molecular formula is C8H7N3O. The van der Waals surface area contributed by atoms with Crippen molar-refractivity contribution in [1.29, 1.82) is 0 Å². The Hall–Kier alpha value is -1.71. The molecule has 0 saturated carbocycles. The molecule has 4 heteroatoms. The highest BCUT2D eigenvalue weighted by molar-refractivity contribution is 5.97. The molecule has 0 radical (unpaired) electrons. The van der Waals surface area contributed by atoms with Gasteiger partial charge in [-0.2, -0.15) is 5.11 Å². The highest BCUT2D eigenvalue weighted by atomic mass is 16.1. The fraction of sp³-hybridized carbons (Fsp3) is 0.125. The van der Waals surface area contributed by atoms with Crippen molar-refractivity contribution in [3.63, 3.8) is 0 Å². The largest absolute Gasteiger partial charge is 0.399 e. The summed E-state index contributed by atoms with van der Waals surface area (Å²) in [6, 6.07) is 5.20. The van der Waals surface area contributed by atoms with Crippen molar-refractivity contribution in [2.45, 2.75) is 6.54 Å². The SMILES string of the molecule is Nc1ccc2c(c1)C(=O)N=NC2. The Kier molecular flexibility index (Phi) is 1.40. The van der Waals surface area contributed by atoms with Crippen LogP contribution in [0.4, 0.5) is 5.69 Å². The smallest absolute Gasteiger partial charge is 0.295 e. The zero-order chi connectivity index (χ0) is 8.55. The molecule has 1 aromatic carbocycles. The first kappa shape index (κ1) is 6.97. The highest BCUT2D eigenvalue weighted by Gasteiger charge is 2.14. The first-order valence-electron chi connectivity index (χ1n) is 3.57. The van der Waals surface area contributed by atoms with Crippen LogP contribution < -0.4 is 5.73 Å². The third-order valence-corrected chi connectivity index (χ3v) is 1.77. The van der Waals surface area contributed by atoms with Crippen LogP contribution in [-0.2, 0) is 6.54 Å². The maximum Gasteiger partial charge on any atom is 0.295 e. The summed E-state index contributed by atoms with van der Waals surface area (Å²) in [5, 5.41) is 7.11. The van der Waals surface area contributed by atoms with Crippen molar-refractivity contribution in [1.82, 2.24) is 0 Å². The maximum absolute atomic E-state index is 11.1. The minimum Gasteiger partial charge on any atom is -0.399 e. The molecule has 1 aliphatic heterocycles. The number of hydrogen-bond acceptors (Lipinski definition) is 3. The number of azo groups is 1. The quantitative estimate of drug-likeness (QED) is 0.584. The topological polar surface area (TPSA) is 67.8 Å². The molecule has 0 spiro atoms. The van der Waals surface area contributed by atoms with Crippen LogP contribution >= 0.6 is 0 Å². The van der Waals surface area contributed by atoms with Crippen LogP contribution in [0.25, 0.3) is 0 Å². The van der Waals surface area contributed by atoms with Gasteiger partial charge in [0.15, 0.2) is 0 Å². The van der Waals surface area contributed by atoms with Gasteiger partial charge >= 0.3 is 0 Å². The van der Waals surface area contributed by atoms with E-state index in [-0.39, 0.29) is 5.91 Å². The van der Waals surface area contributed by atoms with Crippen molar-refractivity contribution in [3.05, 3.63) is 29.3 Å². The number of amides is 1. The number of carbonyl (C=O) groups excluding carboxylic acids is 1. The number of rotatable bonds is 0. The lowest BCUT2D eigenvalue weighted by Crippen LogP contribution is -2.05. The normalized spacial score (nSPS) is 14.5. The number of nitrogen functional groups attached to an aromatic ring is 1. The van der Waals surface area contributed by atoms with Crippen LogP contribution in [0.1, 0.15) is 15.9 Å². The second-order valence-corrected chi connectivity index (χ2v) is 2.62. The molecule has 4 nitrogen and oxygen atoms in total. The van der Waals surface area contributed by atoms with Crippen molar-refractivity contribution < 1.29 is 4.79 Å². The van der Waals surface area contributed by atoms with E-state index in [1.807, 2.05) is 0 Å². The van der Waals surface area contributed by atoms with Gasteiger partial charge in [0, 0.05) is 5.69 Å². The highest BCUT2D eigenvalue weighted by Crippen LogP contribution is 2.19. The zero-order valence-electron chi connectivity index (χ0n) is 6.32. The van der Waals surface area contributed by atoms with Gasteiger partial charge in [0.05, 0.1) is 12.1 Å². The van der Waals surface area contributed by atoms with Gasteiger partial charge in [0.1, 0.15) is 0 Å². The second-order valence-electron chi connectivity index (χ2n) is 2.62. The van der Waals surface area contributed by atoms with E-state index in [9.17, 15) is 4.79 Å². The van der Waals surface area contributed by atoms with Crippen LogP contribution in [0.3, 0.4) is 0 Å². The summed E-state index contributed by atoms with van der Waals surface area (Å²) in [4.78, 5) is 11.1. The molecule has 2 N–H and O–H groups in total. The Bertz CT molecular complexity index is 371. The van der Waals surface area contributed by atoms with E-state index < -0.39 is 0 Å². The van der Waals surface area contributed by atoms with Gasteiger partial charge in [-0.15, -0.1) is 5.11 Å². The summed E-state index contributed by atoms with van der Waals surface area (Å²) < 4.78 is 0. The van der Waals surface area contributed by atoms with Gasteiger partial charge < -0.3 is 5.73 Å². The lowest BCUT2D eigenvalue weighted by molar-refractivity contribution is 0.0988. The minimum atomic E-state index is -0.302. The van der Waals surface area contributed by atoms with Crippen LogP contribution in [0, 0.1) is 0 Å². The lowest BCUT2D eigenvalue weighted by atomic mass is 10.1. The molecule has 0 bridgehead atoms. The first-order valence-corrected chi connectivity index (χ1v) is 3.57. The third-order valence-electron chi connectivity index (χ3n) is 1.77. The lowest BCUT2D eigenvalue weighted by Gasteiger charge is -2.07. The van der Waals surface area contributed by atoms with Crippen molar-refractivity contribution in [3.8, 4) is 0 Å². The summed E-state index contributed by atoms with van der Waals surface area (Å²) in [7, 11) is 0. The number of anilines is 1. The Morgan fingerprint density at radius 1 is 1.42 bits per heavy atom. The van der Waals surface area contributed by atoms with E-state index in [1.54, 1.807) is 18.2 Å². The molecule has 0 aromatic heterocycles. The molecule has 0 fully saturated rings. The van der Waals surface area contributed by atoms with E-state index in [4.69, 9.17) is 5.73 Å². The summed E-state index contributed by atoms with van der Waals surface area (Å²) in [5.74, 6) is -0.302. The molecule has 1 amide bonds. The van der Waals surface area contributed by atoms with Crippen LogP contribution in [0.2, 0.25) is 0 Å². The standard InChI is InChI=1S/C8H7N3O/c9-6-2-1-5-4-10-11-8(12)7(5)3-6/h1-3H,4,9H2. The Labute approximate surface area is 69.1 Å². The molecule has 1 heterocycles. The summed E-state index contributed by atoms with van der Waals surface area (Å²) in [6.07, 6.45) is 0. The number of hydrogen-bond donors (Lipinski definition) is 1. The fourth-order valence-electron chi connectivity index (χ4n) is 1.16. The number of benzene rings is 1. The van der Waals surface area contributed by atoms with E-state index >= 15 is 0 Å². The molecule has 1 aliphatic rings. The Morgan fingerprint density at radius 3 is 3.08 bits per heavy atom. The Balaban J connectivity index is 2.59. The average molecular weight is 161 g/mol. The van der Waals surface area contributed by atoms with Crippen LogP contribution in [0.15, 0.2) is 28.4 Å². The van der Waals surface area contributed by atoms with E-state index in [0.29, 0.717) is 17.8 Å². The van der Waals surface area contributed by atoms with Gasteiger partial charge in [-0.3, -0.25) is 4.79 Å². The predicted molar refractivity (Wildman–Crippen MR) is 43.7 cm³/mol. The molecule has 60 valence electrons. The summed E-state index contributed by atoms with van der Waals surface area (Å²) in [6.45, 7) is 0.474. The maximum atomic E-state index is 11.1. The molecule has 0 atom stereocenters. The molecular weight excluding hydrogens is 154 g/mol.